The minimum absolute atomic E-state index is 0.0964. The summed E-state index contributed by atoms with van der Waals surface area (Å²) in [5, 5.41) is 4.07. The average molecular weight is 340 g/mol. The minimum atomic E-state index is 0.0964. The van der Waals surface area contributed by atoms with E-state index in [4.69, 9.17) is 4.52 Å². The van der Waals surface area contributed by atoms with Crippen LogP contribution in [0.4, 0.5) is 0 Å². The number of carbonyl (C=O) groups excluding carboxylic acids is 1. The first-order chi connectivity index (χ1) is 12.0. The summed E-state index contributed by atoms with van der Waals surface area (Å²) in [6.45, 7) is 9.61. The maximum Gasteiger partial charge on any atom is 0.246 e. The Kier molecular flexibility index (Phi) is 5.28. The molecule has 1 saturated heterocycles. The van der Waals surface area contributed by atoms with Crippen LogP contribution in [0.5, 0.6) is 0 Å². The van der Waals surface area contributed by atoms with E-state index in [0.717, 1.165) is 37.3 Å². The van der Waals surface area contributed by atoms with Crippen molar-refractivity contribution < 1.29 is 9.32 Å². The van der Waals surface area contributed by atoms with E-state index in [2.05, 4.69) is 15.0 Å². The van der Waals surface area contributed by atoms with E-state index in [-0.39, 0.29) is 5.91 Å². The van der Waals surface area contributed by atoms with E-state index in [0.29, 0.717) is 18.3 Å². The SMILES string of the molecule is CC(C)=CC(=O)N1CCN(Cc2nc(-c3ccc(C)cc3)no2)CC1. The summed E-state index contributed by atoms with van der Waals surface area (Å²) in [7, 11) is 0. The number of amides is 1. The Morgan fingerprint density at radius 3 is 2.48 bits per heavy atom. The van der Waals surface area contributed by atoms with Crippen LogP contribution in [0.3, 0.4) is 0 Å². The molecule has 0 spiro atoms. The highest BCUT2D eigenvalue weighted by Crippen LogP contribution is 2.17. The van der Waals surface area contributed by atoms with Gasteiger partial charge in [0, 0.05) is 37.8 Å². The van der Waals surface area contributed by atoms with Gasteiger partial charge in [0.25, 0.3) is 0 Å². The molecule has 3 rings (SSSR count). The van der Waals surface area contributed by atoms with E-state index >= 15 is 0 Å². The molecule has 1 fully saturated rings. The van der Waals surface area contributed by atoms with Crippen molar-refractivity contribution in [1.29, 1.82) is 0 Å². The maximum atomic E-state index is 12.0. The first-order valence-corrected chi connectivity index (χ1v) is 8.57. The highest BCUT2D eigenvalue weighted by molar-refractivity contribution is 5.88. The van der Waals surface area contributed by atoms with E-state index < -0.39 is 0 Å². The predicted molar refractivity (Wildman–Crippen MR) is 95.8 cm³/mol. The molecule has 0 radical (unpaired) electrons. The number of aromatic nitrogens is 2. The second-order valence-electron chi connectivity index (χ2n) is 6.70. The molecule has 0 unspecified atom stereocenters. The van der Waals surface area contributed by atoms with Gasteiger partial charge in [-0.2, -0.15) is 4.98 Å². The number of carbonyl (C=O) groups is 1. The number of piperazine rings is 1. The van der Waals surface area contributed by atoms with Crippen molar-refractivity contribution >= 4 is 5.91 Å². The number of rotatable bonds is 4. The number of hydrogen-bond donors (Lipinski definition) is 0. The van der Waals surface area contributed by atoms with Gasteiger partial charge in [0.2, 0.25) is 17.6 Å². The third kappa shape index (κ3) is 4.54. The van der Waals surface area contributed by atoms with Gasteiger partial charge < -0.3 is 9.42 Å². The van der Waals surface area contributed by atoms with Crippen molar-refractivity contribution in [3.05, 3.63) is 47.4 Å². The molecule has 1 aromatic carbocycles. The van der Waals surface area contributed by atoms with Crippen LogP contribution < -0.4 is 0 Å². The Balaban J connectivity index is 1.55. The summed E-state index contributed by atoms with van der Waals surface area (Å²) in [5.41, 5.74) is 3.19. The summed E-state index contributed by atoms with van der Waals surface area (Å²) in [6, 6.07) is 8.07. The zero-order valence-corrected chi connectivity index (χ0v) is 15.0. The van der Waals surface area contributed by atoms with Crippen LogP contribution in [-0.2, 0) is 11.3 Å². The van der Waals surface area contributed by atoms with Crippen molar-refractivity contribution in [2.24, 2.45) is 0 Å². The van der Waals surface area contributed by atoms with E-state index in [1.165, 1.54) is 5.56 Å². The van der Waals surface area contributed by atoms with Crippen molar-refractivity contribution in [1.82, 2.24) is 19.9 Å². The fourth-order valence-electron chi connectivity index (χ4n) is 2.79. The van der Waals surface area contributed by atoms with Crippen LogP contribution in [0.2, 0.25) is 0 Å². The lowest BCUT2D eigenvalue weighted by Crippen LogP contribution is -2.47. The minimum Gasteiger partial charge on any atom is -0.338 e. The lowest BCUT2D eigenvalue weighted by Gasteiger charge is -2.33. The average Bonchev–Trinajstić information content (AvgIpc) is 3.04. The topological polar surface area (TPSA) is 62.5 Å². The zero-order chi connectivity index (χ0) is 17.8. The van der Waals surface area contributed by atoms with E-state index in [1.54, 1.807) is 6.08 Å². The molecule has 1 aliphatic heterocycles. The molecule has 1 aliphatic rings. The van der Waals surface area contributed by atoms with Crippen LogP contribution >= 0.6 is 0 Å². The van der Waals surface area contributed by atoms with E-state index in [1.807, 2.05) is 49.9 Å². The Bertz CT molecular complexity index is 752. The molecule has 2 aromatic rings. The molecule has 132 valence electrons. The summed E-state index contributed by atoms with van der Waals surface area (Å²) in [6.07, 6.45) is 1.70. The second kappa shape index (κ2) is 7.61. The molecule has 0 saturated carbocycles. The van der Waals surface area contributed by atoms with E-state index in [9.17, 15) is 4.79 Å². The van der Waals surface area contributed by atoms with Gasteiger partial charge in [-0.3, -0.25) is 9.69 Å². The highest BCUT2D eigenvalue weighted by atomic mass is 16.5. The Hall–Kier alpha value is -2.47. The Morgan fingerprint density at radius 1 is 1.16 bits per heavy atom. The quantitative estimate of drug-likeness (QED) is 0.801. The molecule has 0 N–H and O–H groups in total. The molecule has 6 nitrogen and oxygen atoms in total. The molecule has 25 heavy (non-hydrogen) atoms. The highest BCUT2D eigenvalue weighted by Gasteiger charge is 2.21. The molecule has 1 amide bonds. The van der Waals surface area contributed by atoms with Gasteiger partial charge in [-0.05, 0) is 20.8 Å². The predicted octanol–water partition coefficient (Wildman–Crippen LogP) is 2.66. The second-order valence-corrected chi connectivity index (χ2v) is 6.70. The largest absolute Gasteiger partial charge is 0.338 e. The number of allylic oxidation sites excluding steroid dienone is 1. The molecule has 2 heterocycles. The summed E-state index contributed by atoms with van der Waals surface area (Å²) in [4.78, 5) is 20.7. The molecule has 6 heteroatoms. The van der Waals surface area contributed by atoms with Gasteiger partial charge in [0.15, 0.2) is 0 Å². The van der Waals surface area contributed by atoms with Gasteiger partial charge in [-0.25, -0.2) is 0 Å². The van der Waals surface area contributed by atoms with Gasteiger partial charge in [0.05, 0.1) is 6.54 Å². The third-order valence-corrected chi connectivity index (χ3v) is 4.23. The van der Waals surface area contributed by atoms with Gasteiger partial charge in [0.1, 0.15) is 0 Å². The molecular weight excluding hydrogens is 316 g/mol. The van der Waals surface area contributed by atoms with Crippen LogP contribution in [0, 0.1) is 6.92 Å². The van der Waals surface area contributed by atoms with Gasteiger partial charge in [-0.1, -0.05) is 40.6 Å². The third-order valence-electron chi connectivity index (χ3n) is 4.23. The Labute approximate surface area is 148 Å². The van der Waals surface area contributed by atoms with Crippen LogP contribution in [-0.4, -0.2) is 52.0 Å². The summed E-state index contributed by atoms with van der Waals surface area (Å²) >= 11 is 0. The fourth-order valence-corrected chi connectivity index (χ4v) is 2.79. The first kappa shape index (κ1) is 17.4. The normalized spacial score (nSPS) is 15.2. The van der Waals surface area contributed by atoms with Crippen molar-refractivity contribution in [3.63, 3.8) is 0 Å². The fraction of sp³-hybridized carbons (Fsp3) is 0.421. The van der Waals surface area contributed by atoms with Crippen molar-refractivity contribution in [2.75, 3.05) is 26.2 Å². The summed E-state index contributed by atoms with van der Waals surface area (Å²) < 4.78 is 5.39. The molecule has 0 aliphatic carbocycles. The number of nitrogens with zero attached hydrogens (tertiary/aromatic N) is 4. The molecule has 0 atom stereocenters. The van der Waals surface area contributed by atoms with Crippen LogP contribution in [0.1, 0.15) is 25.3 Å². The number of benzene rings is 1. The lowest BCUT2D eigenvalue weighted by molar-refractivity contribution is -0.127. The molecule has 1 aromatic heterocycles. The van der Waals surface area contributed by atoms with Crippen molar-refractivity contribution in [2.45, 2.75) is 27.3 Å². The van der Waals surface area contributed by atoms with Crippen LogP contribution in [0.25, 0.3) is 11.4 Å². The standard InChI is InChI=1S/C19H24N4O2/c1-14(2)12-18(24)23-10-8-22(9-11-23)13-17-20-19(21-25-17)16-6-4-15(3)5-7-16/h4-7,12H,8-11,13H2,1-3H3. The Morgan fingerprint density at radius 2 is 1.84 bits per heavy atom. The van der Waals surface area contributed by atoms with Crippen LogP contribution in [0.15, 0.2) is 40.4 Å². The zero-order valence-electron chi connectivity index (χ0n) is 15.0. The number of hydrogen-bond acceptors (Lipinski definition) is 5. The lowest BCUT2D eigenvalue weighted by atomic mass is 10.1. The number of aryl methyl sites for hydroxylation is 1. The smallest absolute Gasteiger partial charge is 0.246 e. The summed E-state index contributed by atoms with van der Waals surface area (Å²) in [5.74, 6) is 1.33. The van der Waals surface area contributed by atoms with Gasteiger partial charge in [-0.15, -0.1) is 0 Å². The van der Waals surface area contributed by atoms with Crippen molar-refractivity contribution in [3.8, 4) is 11.4 Å². The maximum absolute atomic E-state index is 12.0. The monoisotopic (exact) mass is 340 g/mol. The molecular formula is C19H24N4O2. The van der Waals surface area contributed by atoms with Gasteiger partial charge >= 0.3 is 0 Å². The first-order valence-electron chi connectivity index (χ1n) is 8.57. The molecule has 0 bridgehead atoms.